The van der Waals surface area contributed by atoms with Crippen molar-refractivity contribution in [1.29, 1.82) is 0 Å². The van der Waals surface area contributed by atoms with Crippen LogP contribution in [0.15, 0.2) is 170 Å². The highest BCUT2D eigenvalue weighted by atomic mass is 15.0. The molecule has 0 spiro atoms. The molecule has 51 heavy (non-hydrogen) atoms. The molecule has 0 saturated carbocycles. The maximum Gasteiger partial charge on any atom is 0.0619 e. The normalized spacial score (nSPS) is 12.1. The molecule has 0 saturated heterocycles. The van der Waals surface area contributed by atoms with E-state index in [1.807, 2.05) is 45.9 Å². The highest BCUT2D eigenvalue weighted by Crippen LogP contribution is 2.42. The smallest absolute Gasteiger partial charge is 0.0619 e. The number of fused-ring (bicyclic) bond motifs is 12. The van der Waals surface area contributed by atoms with Gasteiger partial charge in [0.2, 0.25) is 0 Å². The second-order valence-corrected chi connectivity index (χ2v) is 12.4. The first-order valence-corrected chi connectivity index (χ1v) is 18.0. The zero-order valence-corrected chi connectivity index (χ0v) is 30.2. The molecule has 2 heterocycles. The molecule has 2 heteroatoms. The molecule has 0 atom stereocenters. The van der Waals surface area contributed by atoms with E-state index in [1.54, 1.807) is 0 Å². The van der Waals surface area contributed by atoms with Gasteiger partial charge < -0.3 is 9.13 Å². The Balaban J connectivity index is 0.000000635. The monoisotopic (exact) mass is 660 g/mol. The minimum atomic E-state index is 1.09. The van der Waals surface area contributed by atoms with E-state index in [1.165, 1.54) is 75.9 Å². The summed E-state index contributed by atoms with van der Waals surface area (Å²) in [6.45, 7) is 14.1. The standard InChI is InChI=1S/C43H30N2.C4H8.C2H6/c1-3-11-31(12-4-2)45-38-26-22-32(27-37(38)36-23-19-30-15-7-10-18-35(30)43(36)45)44-39-24-20-28-13-5-8-16-33(28)41(39)42-34-17-9-6-14-29(34)21-25-40(42)44;1-3-4-2;1-2/h3-27H,1H2,2H3;3-4H,1-2H3;1-2H3/b12-4-,31-11+;4-3-;. The topological polar surface area (TPSA) is 9.86 Å². The first-order chi connectivity index (χ1) is 25.2. The predicted octanol–water partition coefficient (Wildman–Crippen LogP) is 14.6. The van der Waals surface area contributed by atoms with Gasteiger partial charge in [0, 0.05) is 38.3 Å². The van der Waals surface area contributed by atoms with Crippen LogP contribution in [0.5, 0.6) is 0 Å². The first kappa shape index (κ1) is 33.4. The highest BCUT2D eigenvalue weighted by molar-refractivity contribution is 6.28. The lowest BCUT2D eigenvalue weighted by atomic mass is 10.00. The van der Waals surface area contributed by atoms with Crippen molar-refractivity contribution in [2.45, 2.75) is 34.6 Å². The fourth-order valence-corrected chi connectivity index (χ4v) is 7.50. The van der Waals surface area contributed by atoms with E-state index >= 15 is 0 Å². The third kappa shape index (κ3) is 5.54. The van der Waals surface area contributed by atoms with Crippen LogP contribution in [0.4, 0.5) is 0 Å². The van der Waals surface area contributed by atoms with Crippen molar-refractivity contribution in [2.24, 2.45) is 0 Å². The van der Waals surface area contributed by atoms with E-state index in [4.69, 9.17) is 0 Å². The van der Waals surface area contributed by atoms with Gasteiger partial charge in [0.05, 0.1) is 22.1 Å². The maximum absolute atomic E-state index is 4.04. The minimum Gasteiger partial charge on any atom is -0.309 e. The Morgan fingerprint density at radius 1 is 0.510 bits per heavy atom. The van der Waals surface area contributed by atoms with Gasteiger partial charge in [-0.3, -0.25) is 0 Å². The fourth-order valence-electron chi connectivity index (χ4n) is 7.50. The SMILES string of the molecule is C/C=C\C.C=C/C=C(\C=C/C)n1c2ccc(-n3c4ccc5ccccc5c4c4c5ccccc5ccc43)cc2c2ccc3ccccc3c21.CC. The largest absolute Gasteiger partial charge is 0.309 e. The quantitative estimate of drug-likeness (QED) is 0.131. The molecule has 250 valence electrons. The summed E-state index contributed by atoms with van der Waals surface area (Å²) in [4.78, 5) is 0. The summed E-state index contributed by atoms with van der Waals surface area (Å²) in [5.74, 6) is 0. The van der Waals surface area contributed by atoms with Gasteiger partial charge in [0.1, 0.15) is 0 Å². The lowest BCUT2D eigenvalue weighted by Gasteiger charge is -2.12. The van der Waals surface area contributed by atoms with Crippen LogP contribution in [0.3, 0.4) is 0 Å². The van der Waals surface area contributed by atoms with Crippen LogP contribution in [0.2, 0.25) is 0 Å². The Labute approximate surface area is 300 Å². The van der Waals surface area contributed by atoms with Crippen LogP contribution in [0.1, 0.15) is 34.6 Å². The minimum absolute atomic E-state index is 1.09. The zero-order chi connectivity index (χ0) is 35.5. The van der Waals surface area contributed by atoms with Crippen LogP contribution in [0.25, 0.3) is 87.3 Å². The summed E-state index contributed by atoms with van der Waals surface area (Å²) in [6.07, 6.45) is 12.2. The molecule has 0 fully saturated rings. The molecule has 9 aromatic rings. The predicted molar refractivity (Wildman–Crippen MR) is 227 cm³/mol. The van der Waals surface area contributed by atoms with E-state index < -0.39 is 0 Å². The Morgan fingerprint density at radius 3 is 1.57 bits per heavy atom. The molecule has 0 aliphatic carbocycles. The number of aromatic nitrogens is 2. The molecule has 2 nitrogen and oxygen atoms in total. The average molecular weight is 661 g/mol. The zero-order valence-electron chi connectivity index (χ0n) is 30.2. The summed E-state index contributed by atoms with van der Waals surface area (Å²) in [5, 5.41) is 12.6. The molecule has 2 aromatic heterocycles. The van der Waals surface area contributed by atoms with E-state index in [9.17, 15) is 0 Å². The van der Waals surface area contributed by atoms with Crippen molar-refractivity contribution in [3.63, 3.8) is 0 Å². The lowest BCUT2D eigenvalue weighted by Crippen LogP contribution is -1.96. The van der Waals surface area contributed by atoms with Gasteiger partial charge in [-0.1, -0.05) is 142 Å². The third-order valence-electron chi connectivity index (χ3n) is 9.66. The summed E-state index contributed by atoms with van der Waals surface area (Å²) in [5.41, 5.74) is 7.06. The molecule has 0 amide bonds. The third-order valence-corrected chi connectivity index (χ3v) is 9.66. The lowest BCUT2D eigenvalue weighted by molar-refractivity contribution is 1.18. The van der Waals surface area contributed by atoms with Gasteiger partial charge in [-0.25, -0.2) is 0 Å². The van der Waals surface area contributed by atoms with Crippen molar-refractivity contribution >= 4 is 81.6 Å². The van der Waals surface area contributed by atoms with Crippen molar-refractivity contribution in [2.75, 3.05) is 0 Å². The summed E-state index contributed by atoms with van der Waals surface area (Å²) >= 11 is 0. The van der Waals surface area contributed by atoms with Gasteiger partial charge in [-0.15, -0.1) is 0 Å². The summed E-state index contributed by atoms with van der Waals surface area (Å²) in [7, 11) is 0. The Bertz CT molecular complexity index is 2720. The summed E-state index contributed by atoms with van der Waals surface area (Å²) in [6, 6.07) is 46.8. The van der Waals surface area contributed by atoms with Gasteiger partial charge in [0.15, 0.2) is 0 Å². The van der Waals surface area contributed by atoms with E-state index in [-0.39, 0.29) is 0 Å². The fraction of sp³-hybridized carbons (Fsp3) is 0.102. The Hall–Kier alpha value is -6.12. The molecule has 9 rings (SSSR count). The molecular weight excluding hydrogens is 617 g/mol. The van der Waals surface area contributed by atoms with Crippen molar-refractivity contribution in [1.82, 2.24) is 9.13 Å². The van der Waals surface area contributed by atoms with E-state index in [0.717, 1.165) is 11.4 Å². The maximum atomic E-state index is 4.04. The number of nitrogens with zero attached hydrogens (tertiary/aromatic N) is 2. The second-order valence-electron chi connectivity index (χ2n) is 12.4. The van der Waals surface area contributed by atoms with E-state index in [2.05, 4.69) is 168 Å². The molecule has 0 radical (unpaired) electrons. The Morgan fingerprint density at radius 2 is 1.02 bits per heavy atom. The van der Waals surface area contributed by atoms with Crippen LogP contribution in [-0.2, 0) is 0 Å². The average Bonchev–Trinajstić information content (AvgIpc) is 3.72. The first-order valence-electron chi connectivity index (χ1n) is 18.0. The van der Waals surface area contributed by atoms with Gasteiger partial charge in [-0.2, -0.15) is 0 Å². The van der Waals surface area contributed by atoms with Crippen LogP contribution < -0.4 is 0 Å². The van der Waals surface area contributed by atoms with Crippen LogP contribution >= 0.6 is 0 Å². The number of rotatable bonds is 4. The molecule has 0 aliphatic heterocycles. The number of allylic oxidation sites excluding steroid dienone is 7. The second kappa shape index (κ2) is 14.4. The Kier molecular flexibility index (Phi) is 9.42. The van der Waals surface area contributed by atoms with Gasteiger partial charge in [0.25, 0.3) is 0 Å². The number of benzene rings is 7. The van der Waals surface area contributed by atoms with Crippen molar-refractivity contribution in [3.8, 4) is 5.69 Å². The van der Waals surface area contributed by atoms with Gasteiger partial charge in [-0.05, 0) is 90.2 Å². The van der Waals surface area contributed by atoms with Crippen LogP contribution in [-0.4, -0.2) is 9.13 Å². The molecule has 0 N–H and O–H groups in total. The molecule has 0 aliphatic rings. The summed E-state index contributed by atoms with van der Waals surface area (Å²) < 4.78 is 4.85. The van der Waals surface area contributed by atoms with E-state index in [0.29, 0.717) is 0 Å². The number of hydrogen-bond donors (Lipinski definition) is 0. The van der Waals surface area contributed by atoms with Crippen LogP contribution in [0, 0.1) is 0 Å². The number of hydrogen-bond acceptors (Lipinski definition) is 0. The van der Waals surface area contributed by atoms with Crippen molar-refractivity contribution in [3.05, 3.63) is 170 Å². The van der Waals surface area contributed by atoms with Crippen molar-refractivity contribution < 1.29 is 0 Å². The molecule has 7 aromatic carbocycles. The molecule has 0 bridgehead atoms. The highest BCUT2D eigenvalue weighted by Gasteiger charge is 2.20. The molecular formula is C49H44N2. The van der Waals surface area contributed by atoms with Gasteiger partial charge >= 0.3 is 0 Å². The molecule has 0 unspecified atom stereocenters.